The number of carboxylic acid groups (broad SMARTS) is 1. The number of alkyl halides is 3. The number of carboxylic acids is 1. The number of hydrogen-bond donors (Lipinski definition) is 2. The number of carbonyl (C=O) groups is 1. The van der Waals surface area contributed by atoms with Crippen LogP contribution in [0.1, 0.15) is 56.6 Å². The Kier molecular flexibility index (Phi) is 8.93. The minimum atomic E-state index is -4.88. The van der Waals surface area contributed by atoms with Gasteiger partial charge in [-0.1, -0.05) is 31.1 Å². The molecule has 13 heteroatoms. The van der Waals surface area contributed by atoms with Gasteiger partial charge in [-0.25, -0.2) is 13.4 Å². The van der Waals surface area contributed by atoms with Crippen LogP contribution >= 0.6 is 0 Å². The van der Waals surface area contributed by atoms with Gasteiger partial charge in [-0.2, -0.15) is 13.2 Å². The number of benzene rings is 1. The Morgan fingerprint density at radius 3 is 2.75 bits per heavy atom. The fraction of sp³-hybridized carbons (Fsp3) is 0.481. The van der Waals surface area contributed by atoms with Crippen molar-refractivity contribution >= 4 is 27.8 Å². The van der Waals surface area contributed by atoms with Gasteiger partial charge in [-0.15, -0.1) is 0 Å². The lowest BCUT2D eigenvalue weighted by Crippen LogP contribution is -2.44. The number of rotatable bonds is 9. The second-order valence-electron chi connectivity index (χ2n) is 10.0. The van der Waals surface area contributed by atoms with Crippen LogP contribution in [0.4, 0.5) is 18.9 Å². The van der Waals surface area contributed by atoms with E-state index < -0.39 is 57.8 Å². The molecule has 2 aliphatic rings. The summed E-state index contributed by atoms with van der Waals surface area (Å²) < 4.78 is 80.8. The number of ether oxygens (including phenoxy) is 2. The van der Waals surface area contributed by atoms with Gasteiger partial charge in [0, 0.05) is 12.6 Å². The average Bonchev–Trinajstić information content (AvgIpc) is 2.89. The van der Waals surface area contributed by atoms with Crippen molar-refractivity contribution in [2.45, 2.75) is 62.6 Å². The molecule has 218 valence electrons. The van der Waals surface area contributed by atoms with Crippen LogP contribution in [0.3, 0.4) is 0 Å². The van der Waals surface area contributed by atoms with Crippen LogP contribution in [0.15, 0.2) is 40.9 Å². The minimum absolute atomic E-state index is 0.0286. The summed E-state index contributed by atoms with van der Waals surface area (Å²) in [5, 5.41) is 18.3. The molecule has 1 fully saturated rings. The normalized spacial score (nSPS) is 20.6. The van der Waals surface area contributed by atoms with Gasteiger partial charge in [0.15, 0.2) is 4.90 Å². The molecule has 2 atom stereocenters. The number of fused-ring (bicyclic) bond motifs is 1. The molecule has 0 saturated heterocycles. The van der Waals surface area contributed by atoms with Crippen LogP contribution in [0.5, 0.6) is 11.6 Å². The molecule has 0 amide bonds. The zero-order chi connectivity index (χ0) is 29.1. The van der Waals surface area contributed by atoms with Gasteiger partial charge in [0.05, 0.1) is 24.4 Å². The first kappa shape index (κ1) is 29.7. The molecule has 1 saturated carbocycles. The summed E-state index contributed by atoms with van der Waals surface area (Å²) in [5.41, 5.74) is 0.735. The van der Waals surface area contributed by atoms with Crippen LogP contribution in [-0.4, -0.2) is 55.4 Å². The lowest BCUT2D eigenvalue weighted by atomic mass is 9.86. The smallest absolute Gasteiger partial charge is 0.417 e. The first-order chi connectivity index (χ1) is 18.9. The molecule has 1 aromatic carbocycles. The topological polar surface area (TPSA) is 126 Å². The summed E-state index contributed by atoms with van der Waals surface area (Å²) in [5.74, 6) is -1.01. The minimum Gasteiger partial charge on any atom is -0.486 e. The fourth-order valence-corrected chi connectivity index (χ4v) is 6.53. The van der Waals surface area contributed by atoms with Crippen molar-refractivity contribution in [2.24, 2.45) is 5.92 Å². The van der Waals surface area contributed by atoms with Crippen molar-refractivity contribution in [3.8, 4) is 11.6 Å². The number of pyridine rings is 1. The molecule has 4 rings (SSSR count). The molecule has 0 spiro atoms. The number of anilines is 1. The van der Waals surface area contributed by atoms with Gasteiger partial charge in [0.25, 0.3) is 10.0 Å². The molecule has 1 unspecified atom stereocenters. The Balaban J connectivity index is 1.81. The highest BCUT2D eigenvalue weighted by atomic mass is 32.2. The van der Waals surface area contributed by atoms with Crippen LogP contribution in [0, 0.1) is 5.92 Å². The summed E-state index contributed by atoms with van der Waals surface area (Å²) in [4.78, 5) is 13.9. The van der Waals surface area contributed by atoms with Crippen molar-refractivity contribution in [3.63, 3.8) is 0 Å². The van der Waals surface area contributed by atoms with Crippen molar-refractivity contribution < 1.29 is 46.1 Å². The number of aliphatic carboxylic acids is 1. The number of aliphatic hydroxyl groups excluding tert-OH is 1. The number of allylic oxidation sites excluding steroid dienone is 1. The third-order valence-electron chi connectivity index (χ3n) is 6.81. The molecule has 1 aliphatic carbocycles. The standard InChI is InChI=1S/C27H31F3N2O7S/c1-17-3-2-4-18(11-17)12-19-5-7-23-22(13-19)32(16-21(39-23)6-8-25(34)35)40(36,37)24-14-20(27(28,29)30)15-31-26(24)38-10-9-33/h5,7,12-15,17,21,33H,2-4,6,8-11,16H2,1H3,(H,34,35)/t17?,21-/m0/s1. The molecule has 40 heavy (non-hydrogen) atoms. The molecule has 1 aliphatic heterocycles. The Morgan fingerprint density at radius 1 is 1.30 bits per heavy atom. The van der Waals surface area contributed by atoms with Gasteiger partial charge in [0.2, 0.25) is 5.88 Å². The van der Waals surface area contributed by atoms with E-state index in [4.69, 9.17) is 19.7 Å². The molecule has 2 heterocycles. The highest BCUT2D eigenvalue weighted by Crippen LogP contribution is 2.42. The summed E-state index contributed by atoms with van der Waals surface area (Å²) in [6.07, 6.45) is 0.372. The fourth-order valence-electron chi connectivity index (χ4n) is 4.92. The van der Waals surface area contributed by atoms with Crippen LogP contribution < -0.4 is 13.8 Å². The SMILES string of the molecule is CC1CCCC(=Cc2ccc3c(c2)N(S(=O)(=O)c2cc(C(F)(F)F)cnc2OCCO)C[C@H](CCC(=O)O)O3)C1. The van der Waals surface area contributed by atoms with E-state index in [9.17, 15) is 26.4 Å². The van der Waals surface area contributed by atoms with Gasteiger partial charge < -0.3 is 19.7 Å². The van der Waals surface area contributed by atoms with Crippen molar-refractivity contribution in [1.29, 1.82) is 0 Å². The molecule has 2 N–H and O–H groups in total. The van der Waals surface area contributed by atoms with Crippen LogP contribution in [-0.2, 0) is 21.0 Å². The zero-order valence-electron chi connectivity index (χ0n) is 21.9. The van der Waals surface area contributed by atoms with Gasteiger partial charge in [0.1, 0.15) is 18.5 Å². The lowest BCUT2D eigenvalue weighted by Gasteiger charge is -2.36. The van der Waals surface area contributed by atoms with Crippen LogP contribution in [0.25, 0.3) is 6.08 Å². The zero-order valence-corrected chi connectivity index (χ0v) is 22.7. The number of nitrogens with zero attached hydrogens (tertiary/aromatic N) is 2. The first-order valence-corrected chi connectivity index (χ1v) is 14.4. The average molecular weight is 585 g/mol. The predicted octanol–water partition coefficient (Wildman–Crippen LogP) is 4.89. The van der Waals surface area contributed by atoms with Gasteiger partial charge in [-0.05, 0) is 55.4 Å². The Labute approximate surface area is 230 Å². The maximum Gasteiger partial charge on any atom is 0.417 e. The molecular weight excluding hydrogens is 553 g/mol. The third kappa shape index (κ3) is 6.87. The molecule has 0 bridgehead atoms. The monoisotopic (exact) mass is 584 g/mol. The van der Waals surface area contributed by atoms with E-state index in [1.165, 1.54) is 5.57 Å². The quantitative estimate of drug-likeness (QED) is 0.427. The maximum absolute atomic E-state index is 14.0. The summed E-state index contributed by atoms with van der Waals surface area (Å²) in [6.45, 7) is 0.919. The Hall–Kier alpha value is -3.32. The van der Waals surface area contributed by atoms with Crippen molar-refractivity contribution in [1.82, 2.24) is 4.98 Å². The van der Waals surface area contributed by atoms with E-state index in [-0.39, 0.29) is 30.8 Å². The number of sulfonamides is 1. The maximum atomic E-state index is 14.0. The molecule has 1 aromatic heterocycles. The van der Waals surface area contributed by atoms with Crippen molar-refractivity contribution in [2.75, 3.05) is 24.1 Å². The van der Waals surface area contributed by atoms with E-state index in [2.05, 4.69) is 11.9 Å². The van der Waals surface area contributed by atoms with Crippen LogP contribution in [0.2, 0.25) is 0 Å². The molecule has 2 aromatic rings. The summed E-state index contributed by atoms with van der Waals surface area (Å²) >= 11 is 0. The highest BCUT2D eigenvalue weighted by molar-refractivity contribution is 7.93. The number of hydrogen-bond acceptors (Lipinski definition) is 7. The Morgan fingerprint density at radius 2 is 2.08 bits per heavy atom. The summed E-state index contributed by atoms with van der Waals surface area (Å²) in [7, 11) is -4.73. The second kappa shape index (κ2) is 12.0. The predicted molar refractivity (Wildman–Crippen MR) is 140 cm³/mol. The van der Waals surface area contributed by atoms with Gasteiger partial charge >= 0.3 is 12.1 Å². The van der Waals surface area contributed by atoms with Gasteiger partial charge in [-0.3, -0.25) is 9.10 Å². The van der Waals surface area contributed by atoms with E-state index in [1.54, 1.807) is 18.2 Å². The third-order valence-corrected chi connectivity index (χ3v) is 8.59. The van der Waals surface area contributed by atoms with Crippen molar-refractivity contribution in [3.05, 3.63) is 47.2 Å². The largest absolute Gasteiger partial charge is 0.486 e. The molecular formula is C27H31F3N2O7S. The highest BCUT2D eigenvalue weighted by Gasteiger charge is 2.39. The van der Waals surface area contributed by atoms with E-state index in [1.807, 2.05) is 6.08 Å². The second-order valence-corrected chi connectivity index (χ2v) is 11.9. The summed E-state index contributed by atoms with van der Waals surface area (Å²) in [6, 6.07) is 5.39. The molecule has 0 radical (unpaired) electrons. The lowest BCUT2D eigenvalue weighted by molar-refractivity contribution is -0.138. The number of aliphatic hydroxyl groups is 1. The first-order valence-electron chi connectivity index (χ1n) is 12.9. The van der Waals surface area contributed by atoms with E-state index in [0.29, 0.717) is 23.7 Å². The Bertz CT molecular complexity index is 1380. The number of halogens is 3. The van der Waals surface area contributed by atoms with E-state index in [0.717, 1.165) is 30.0 Å². The number of aromatic nitrogens is 1. The molecule has 9 nitrogen and oxygen atoms in total. The van der Waals surface area contributed by atoms with E-state index >= 15 is 0 Å².